The number of nitriles is 1. The summed E-state index contributed by atoms with van der Waals surface area (Å²) in [6.07, 6.45) is 0.865. The van der Waals surface area contributed by atoms with Crippen LogP contribution in [0.25, 0.3) is 11.2 Å². The molecule has 0 amide bonds. The maximum absolute atomic E-state index is 8.85. The first-order valence-electron chi connectivity index (χ1n) is 6.77. The molecule has 0 bridgehead atoms. The molecule has 2 heterocycles. The van der Waals surface area contributed by atoms with Crippen LogP contribution in [0.4, 0.5) is 0 Å². The SMILES string of the molecule is CCc1nn(C)c2c1[nH]c(=S)n2Cc1ccc(C#N)cc1. The first-order chi connectivity index (χ1) is 10.1. The molecule has 0 fully saturated rings. The van der Waals surface area contributed by atoms with E-state index in [0.717, 1.165) is 28.8 Å². The summed E-state index contributed by atoms with van der Waals surface area (Å²) in [5, 5.41) is 13.4. The van der Waals surface area contributed by atoms with E-state index in [2.05, 4.69) is 23.1 Å². The van der Waals surface area contributed by atoms with Crippen molar-refractivity contribution in [2.24, 2.45) is 7.05 Å². The second-order valence-electron chi connectivity index (χ2n) is 4.95. The van der Waals surface area contributed by atoms with Crippen molar-refractivity contribution in [2.45, 2.75) is 19.9 Å². The minimum absolute atomic E-state index is 0.660. The molecule has 1 N–H and O–H groups in total. The number of fused-ring (bicyclic) bond motifs is 1. The number of benzene rings is 1. The molecule has 21 heavy (non-hydrogen) atoms. The van der Waals surface area contributed by atoms with E-state index in [1.165, 1.54) is 0 Å². The van der Waals surface area contributed by atoms with Gasteiger partial charge in [0, 0.05) is 7.05 Å². The zero-order valence-corrected chi connectivity index (χ0v) is 12.7. The van der Waals surface area contributed by atoms with Crippen molar-refractivity contribution in [3.63, 3.8) is 0 Å². The number of H-pyrrole nitrogens is 1. The van der Waals surface area contributed by atoms with Crippen molar-refractivity contribution in [3.05, 3.63) is 45.9 Å². The number of aromatic amines is 1. The molecular formula is C15H15N5S. The van der Waals surface area contributed by atoms with Crippen molar-refractivity contribution in [2.75, 3.05) is 0 Å². The monoisotopic (exact) mass is 297 g/mol. The lowest BCUT2D eigenvalue weighted by atomic mass is 10.1. The second kappa shape index (κ2) is 5.19. The van der Waals surface area contributed by atoms with E-state index in [9.17, 15) is 0 Å². The number of rotatable bonds is 3. The molecule has 2 aromatic heterocycles. The molecule has 0 aliphatic rings. The van der Waals surface area contributed by atoms with Gasteiger partial charge in [-0.2, -0.15) is 10.4 Å². The summed E-state index contributed by atoms with van der Waals surface area (Å²) in [7, 11) is 1.93. The number of hydrogen-bond acceptors (Lipinski definition) is 3. The summed E-state index contributed by atoms with van der Waals surface area (Å²) >= 11 is 5.44. The van der Waals surface area contributed by atoms with Crippen LogP contribution in [0.15, 0.2) is 24.3 Å². The number of aromatic nitrogens is 4. The molecule has 0 spiro atoms. The largest absolute Gasteiger partial charge is 0.328 e. The highest BCUT2D eigenvalue weighted by Crippen LogP contribution is 2.19. The molecule has 6 heteroatoms. The summed E-state index contributed by atoms with van der Waals surface area (Å²) in [5.74, 6) is 0. The Balaban J connectivity index is 2.07. The van der Waals surface area contributed by atoms with Gasteiger partial charge in [0.05, 0.1) is 23.9 Å². The Bertz CT molecular complexity index is 889. The summed E-state index contributed by atoms with van der Waals surface area (Å²) in [6, 6.07) is 9.68. The summed E-state index contributed by atoms with van der Waals surface area (Å²) in [5.41, 5.74) is 4.80. The highest BCUT2D eigenvalue weighted by Gasteiger charge is 2.14. The average Bonchev–Trinajstić information content (AvgIpc) is 2.98. The topological polar surface area (TPSA) is 62.3 Å². The maximum Gasteiger partial charge on any atom is 0.179 e. The van der Waals surface area contributed by atoms with Gasteiger partial charge in [0.15, 0.2) is 10.4 Å². The van der Waals surface area contributed by atoms with Crippen LogP contribution < -0.4 is 0 Å². The number of nitrogens with one attached hydrogen (secondary N) is 1. The normalized spacial score (nSPS) is 10.9. The molecule has 3 aromatic rings. The van der Waals surface area contributed by atoms with Crippen LogP contribution in [0, 0.1) is 16.1 Å². The van der Waals surface area contributed by atoms with Crippen molar-refractivity contribution in [1.29, 1.82) is 5.26 Å². The van der Waals surface area contributed by atoms with Gasteiger partial charge in [0.25, 0.3) is 0 Å². The molecule has 0 unspecified atom stereocenters. The lowest BCUT2D eigenvalue weighted by molar-refractivity contribution is 0.709. The fourth-order valence-electron chi connectivity index (χ4n) is 2.54. The zero-order chi connectivity index (χ0) is 15.0. The van der Waals surface area contributed by atoms with Gasteiger partial charge >= 0.3 is 0 Å². The Morgan fingerprint density at radius 2 is 2.05 bits per heavy atom. The minimum Gasteiger partial charge on any atom is -0.328 e. The quantitative estimate of drug-likeness (QED) is 0.756. The predicted octanol–water partition coefficient (Wildman–Crippen LogP) is 2.91. The second-order valence-corrected chi connectivity index (χ2v) is 5.33. The van der Waals surface area contributed by atoms with Gasteiger partial charge in [-0.1, -0.05) is 19.1 Å². The van der Waals surface area contributed by atoms with Gasteiger partial charge in [-0.3, -0.25) is 9.25 Å². The van der Waals surface area contributed by atoms with Gasteiger partial charge in [0.2, 0.25) is 0 Å². The molecule has 0 saturated heterocycles. The summed E-state index contributed by atoms with van der Waals surface area (Å²) < 4.78 is 4.60. The Kier molecular flexibility index (Phi) is 3.35. The van der Waals surface area contributed by atoms with E-state index in [-0.39, 0.29) is 0 Å². The van der Waals surface area contributed by atoms with Gasteiger partial charge < -0.3 is 4.98 Å². The molecule has 3 rings (SSSR count). The van der Waals surface area contributed by atoms with Crippen LogP contribution in [-0.4, -0.2) is 19.3 Å². The molecule has 0 saturated carbocycles. The van der Waals surface area contributed by atoms with Gasteiger partial charge in [-0.25, -0.2) is 0 Å². The molecule has 5 nitrogen and oxygen atoms in total. The summed E-state index contributed by atoms with van der Waals surface area (Å²) in [4.78, 5) is 3.25. The number of hydrogen-bond donors (Lipinski definition) is 1. The lowest BCUT2D eigenvalue weighted by Gasteiger charge is -2.05. The van der Waals surface area contributed by atoms with Crippen LogP contribution in [0.5, 0.6) is 0 Å². The Labute approximate surface area is 127 Å². The van der Waals surface area contributed by atoms with E-state index < -0.39 is 0 Å². The zero-order valence-electron chi connectivity index (χ0n) is 11.9. The third-order valence-electron chi connectivity index (χ3n) is 3.58. The molecule has 0 radical (unpaired) electrons. The van der Waals surface area contributed by atoms with Gasteiger partial charge in [0.1, 0.15) is 5.52 Å². The average molecular weight is 297 g/mol. The molecule has 106 valence electrons. The van der Waals surface area contributed by atoms with E-state index >= 15 is 0 Å². The van der Waals surface area contributed by atoms with Crippen LogP contribution >= 0.6 is 12.2 Å². The number of imidazole rings is 1. The number of nitrogens with zero attached hydrogens (tertiary/aromatic N) is 4. The van der Waals surface area contributed by atoms with E-state index in [1.807, 2.05) is 40.6 Å². The van der Waals surface area contributed by atoms with Crippen molar-refractivity contribution in [1.82, 2.24) is 19.3 Å². The third-order valence-corrected chi connectivity index (χ3v) is 3.90. The van der Waals surface area contributed by atoms with Gasteiger partial charge in [-0.05, 0) is 36.3 Å². The Morgan fingerprint density at radius 1 is 1.33 bits per heavy atom. The predicted molar refractivity (Wildman–Crippen MR) is 83.5 cm³/mol. The highest BCUT2D eigenvalue weighted by molar-refractivity contribution is 7.71. The Hall–Kier alpha value is -2.39. The van der Waals surface area contributed by atoms with E-state index in [0.29, 0.717) is 16.9 Å². The van der Waals surface area contributed by atoms with Crippen LogP contribution in [0.1, 0.15) is 23.7 Å². The first-order valence-corrected chi connectivity index (χ1v) is 7.18. The lowest BCUT2D eigenvalue weighted by Crippen LogP contribution is -2.04. The fourth-order valence-corrected chi connectivity index (χ4v) is 2.79. The standard InChI is InChI=1S/C15H15N5S/c1-3-12-13-14(19(2)18-12)20(15(21)17-13)9-11-6-4-10(8-16)5-7-11/h4-7H,3,9H2,1-2H3,(H,17,21). The Morgan fingerprint density at radius 3 is 2.67 bits per heavy atom. The third kappa shape index (κ3) is 2.26. The van der Waals surface area contributed by atoms with Crippen molar-refractivity contribution >= 4 is 23.4 Å². The highest BCUT2D eigenvalue weighted by atomic mass is 32.1. The van der Waals surface area contributed by atoms with Crippen LogP contribution in [0.2, 0.25) is 0 Å². The molecule has 0 atom stereocenters. The summed E-state index contributed by atoms with van der Waals surface area (Å²) in [6.45, 7) is 2.74. The van der Waals surface area contributed by atoms with E-state index in [1.54, 1.807) is 0 Å². The smallest absolute Gasteiger partial charge is 0.179 e. The van der Waals surface area contributed by atoms with Crippen LogP contribution in [-0.2, 0) is 20.0 Å². The first kappa shape index (κ1) is 13.6. The van der Waals surface area contributed by atoms with Crippen LogP contribution in [0.3, 0.4) is 0 Å². The van der Waals surface area contributed by atoms with Gasteiger partial charge in [-0.15, -0.1) is 0 Å². The maximum atomic E-state index is 8.85. The van der Waals surface area contributed by atoms with Crippen molar-refractivity contribution < 1.29 is 0 Å². The van der Waals surface area contributed by atoms with Crippen molar-refractivity contribution in [3.8, 4) is 6.07 Å². The minimum atomic E-state index is 0.660. The molecule has 0 aliphatic heterocycles. The molecule has 0 aliphatic carbocycles. The van der Waals surface area contributed by atoms with E-state index in [4.69, 9.17) is 17.5 Å². The molecular weight excluding hydrogens is 282 g/mol. The molecule has 1 aromatic carbocycles. The fraction of sp³-hybridized carbons (Fsp3) is 0.267. The number of aryl methyl sites for hydroxylation is 2.